The molecule has 3 aliphatic rings. The monoisotopic (exact) mass is 626 g/mol. The van der Waals surface area contributed by atoms with Gasteiger partial charge in [-0.2, -0.15) is 0 Å². The van der Waals surface area contributed by atoms with Crippen LogP contribution in [0.1, 0.15) is 140 Å². The van der Waals surface area contributed by atoms with E-state index in [9.17, 15) is 4.79 Å². The Morgan fingerprint density at radius 1 is 0.605 bits per heavy atom. The summed E-state index contributed by atoms with van der Waals surface area (Å²) in [7, 11) is 0. The fraction of sp³-hybridized carbons (Fsp3) is 0.658. The van der Waals surface area contributed by atoms with Gasteiger partial charge in [-0.3, -0.25) is 4.79 Å². The van der Waals surface area contributed by atoms with E-state index in [1.807, 2.05) is 0 Å². The van der Waals surface area contributed by atoms with Crippen molar-refractivity contribution in [2.75, 3.05) is 13.2 Å². The molecule has 0 aliphatic heterocycles. The van der Waals surface area contributed by atoms with Crippen LogP contribution in [0.2, 0.25) is 0 Å². The summed E-state index contributed by atoms with van der Waals surface area (Å²) in [6, 6.07) is 17.2. The van der Waals surface area contributed by atoms with Crippen LogP contribution in [0.3, 0.4) is 0 Å². The minimum atomic E-state index is -0.974. The molecule has 0 N–H and O–H groups in total. The van der Waals surface area contributed by atoms with Crippen molar-refractivity contribution in [2.45, 2.75) is 133 Å². The third kappa shape index (κ3) is 6.64. The Labute approximate surface area is 270 Å². The van der Waals surface area contributed by atoms with Gasteiger partial charge in [0.15, 0.2) is 5.78 Å². The molecule has 3 saturated carbocycles. The lowest BCUT2D eigenvalue weighted by Gasteiger charge is -2.67. The van der Waals surface area contributed by atoms with Gasteiger partial charge in [0.1, 0.15) is 15.8 Å². The molecule has 5 heteroatoms. The summed E-state index contributed by atoms with van der Waals surface area (Å²) in [5.41, 5.74) is 1.49. The highest BCUT2D eigenvalue weighted by Gasteiger charge is 2.79. The summed E-state index contributed by atoms with van der Waals surface area (Å²) in [6.45, 7) is 6.02. The van der Waals surface area contributed by atoms with Gasteiger partial charge in [0.2, 0.25) is 0 Å². The molecule has 0 saturated heterocycles. The molecule has 3 nitrogen and oxygen atoms in total. The summed E-state index contributed by atoms with van der Waals surface area (Å²) < 4.78 is 10.9. The van der Waals surface area contributed by atoms with E-state index in [1.54, 1.807) is 0 Å². The van der Waals surface area contributed by atoms with E-state index in [0.29, 0.717) is 17.6 Å². The zero-order valence-electron chi connectivity index (χ0n) is 26.5. The van der Waals surface area contributed by atoms with Crippen molar-refractivity contribution in [1.29, 1.82) is 0 Å². The molecular formula is C38H52Cl2O3. The average molecular weight is 628 g/mol. The number of hydrogen-bond donors (Lipinski definition) is 0. The van der Waals surface area contributed by atoms with Crippen LogP contribution in [0.4, 0.5) is 0 Å². The van der Waals surface area contributed by atoms with Crippen molar-refractivity contribution in [1.82, 2.24) is 0 Å². The van der Waals surface area contributed by atoms with Gasteiger partial charge in [-0.15, -0.1) is 0 Å². The Balaban J connectivity index is 1.11. The predicted molar refractivity (Wildman–Crippen MR) is 179 cm³/mol. The Hall–Kier alpha value is -1.71. The molecular weight excluding hydrogens is 575 g/mol. The zero-order chi connectivity index (χ0) is 30.3. The van der Waals surface area contributed by atoms with Crippen molar-refractivity contribution in [3.8, 4) is 11.5 Å². The first-order chi connectivity index (χ1) is 20.9. The number of ether oxygens (including phenoxy) is 2. The van der Waals surface area contributed by atoms with Gasteiger partial charge in [-0.25, -0.2) is 0 Å². The summed E-state index contributed by atoms with van der Waals surface area (Å²) in [6.07, 6.45) is 16.6. The van der Waals surface area contributed by atoms with Gasteiger partial charge in [0.25, 0.3) is 0 Å². The van der Waals surface area contributed by atoms with Gasteiger partial charge in [-0.05, 0) is 111 Å². The lowest BCUT2D eigenvalue weighted by atomic mass is 9.42. The molecule has 0 radical (unpaired) electrons. The average Bonchev–Trinajstić information content (AvgIpc) is 3.05. The van der Waals surface area contributed by atoms with Crippen molar-refractivity contribution >= 4 is 29.0 Å². The quantitative estimate of drug-likeness (QED) is 0.154. The standard InChI is InChI=1S/C38H52Cl2O3/c1-3-5-7-9-27-42-33-15-11-29(12-16-33)31-19-23-36(24-20-31)35(41)37(38(36,39)40)25-21-32(22-26-37)30-13-17-34(18-14-30)43-28-10-8-6-4-2/h11-18,31-32H,3-10,19-28H2,1-2H3. The molecule has 0 heterocycles. The smallest absolute Gasteiger partial charge is 0.151 e. The molecule has 0 amide bonds. The van der Waals surface area contributed by atoms with Gasteiger partial charge in [-0.1, -0.05) is 99.8 Å². The van der Waals surface area contributed by atoms with Crippen LogP contribution >= 0.6 is 23.2 Å². The van der Waals surface area contributed by atoms with Crippen LogP contribution in [0.15, 0.2) is 48.5 Å². The summed E-state index contributed by atoms with van der Waals surface area (Å²) in [5.74, 6) is 3.12. The summed E-state index contributed by atoms with van der Waals surface area (Å²) in [5, 5.41) is 0. The van der Waals surface area contributed by atoms with Crippen LogP contribution in [0.25, 0.3) is 0 Å². The van der Waals surface area contributed by atoms with Crippen LogP contribution in [0, 0.1) is 10.8 Å². The number of unbranched alkanes of at least 4 members (excludes halogenated alkanes) is 6. The molecule has 5 rings (SSSR count). The van der Waals surface area contributed by atoms with Crippen LogP contribution in [-0.2, 0) is 4.79 Å². The van der Waals surface area contributed by atoms with Crippen LogP contribution in [-0.4, -0.2) is 23.3 Å². The number of alkyl halides is 2. The molecule has 2 aromatic rings. The SMILES string of the molecule is CCCCCCOc1ccc(C2CCC3(CC2)C(=O)C2(CCC(c4ccc(OCCCCCC)cc4)CC2)C3(Cl)Cl)cc1. The number of Topliss-reactive ketones (excluding diaryl/α,β-unsaturated/α-hetero) is 1. The lowest BCUT2D eigenvalue weighted by Crippen LogP contribution is -2.74. The highest BCUT2D eigenvalue weighted by atomic mass is 35.5. The maximum Gasteiger partial charge on any atom is 0.151 e. The second-order valence-electron chi connectivity index (χ2n) is 13.6. The van der Waals surface area contributed by atoms with E-state index >= 15 is 0 Å². The molecule has 2 spiro atoms. The third-order valence-corrected chi connectivity index (χ3v) is 12.4. The normalized spacial score (nSPS) is 28.1. The Morgan fingerprint density at radius 2 is 0.977 bits per heavy atom. The number of benzene rings is 2. The number of ketones is 1. The number of halogens is 2. The van der Waals surface area contributed by atoms with E-state index in [1.165, 1.54) is 49.7 Å². The van der Waals surface area contributed by atoms with Crippen LogP contribution in [0.5, 0.6) is 11.5 Å². The minimum absolute atomic E-state index is 0.348. The first-order valence-corrected chi connectivity index (χ1v) is 18.0. The van der Waals surface area contributed by atoms with E-state index in [2.05, 4.69) is 62.4 Å². The second-order valence-corrected chi connectivity index (χ2v) is 14.9. The van der Waals surface area contributed by atoms with Gasteiger partial charge in [0, 0.05) is 0 Å². The Bertz CT molecular complexity index is 1070. The molecule has 43 heavy (non-hydrogen) atoms. The lowest BCUT2D eigenvalue weighted by molar-refractivity contribution is -0.170. The van der Waals surface area contributed by atoms with E-state index in [4.69, 9.17) is 32.7 Å². The van der Waals surface area contributed by atoms with Gasteiger partial charge >= 0.3 is 0 Å². The molecule has 3 fully saturated rings. The first-order valence-electron chi connectivity index (χ1n) is 17.2. The fourth-order valence-electron chi connectivity index (χ4n) is 8.22. The largest absolute Gasteiger partial charge is 0.494 e. The molecule has 236 valence electrons. The fourth-order valence-corrected chi connectivity index (χ4v) is 9.32. The van der Waals surface area contributed by atoms with E-state index in [-0.39, 0.29) is 0 Å². The van der Waals surface area contributed by atoms with Crippen molar-refractivity contribution < 1.29 is 14.3 Å². The minimum Gasteiger partial charge on any atom is -0.494 e. The Morgan fingerprint density at radius 3 is 1.30 bits per heavy atom. The number of rotatable bonds is 14. The second kappa shape index (κ2) is 14.6. The zero-order valence-corrected chi connectivity index (χ0v) is 28.0. The third-order valence-electron chi connectivity index (χ3n) is 11.0. The molecule has 3 aliphatic carbocycles. The molecule has 0 unspecified atom stereocenters. The predicted octanol–water partition coefficient (Wildman–Crippen LogP) is 11.3. The number of carbonyl (C=O) groups excluding carboxylic acids is 1. The molecule has 0 bridgehead atoms. The van der Waals surface area contributed by atoms with Crippen molar-refractivity contribution in [2.24, 2.45) is 10.8 Å². The van der Waals surface area contributed by atoms with E-state index in [0.717, 1.165) is 88.9 Å². The molecule has 2 aromatic carbocycles. The molecule has 0 atom stereocenters. The number of carbonyl (C=O) groups is 1. The van der Waals surface area contributed by atoms with Crippen molar-refractivity contribution in [3.63, 3.8) is 0 Å². The maximum atomic E-state index is 14.0. The highest BCUT2D eigenvalue weighted by molar-refractivity contribution is 6.55. The Kier molecular flexibility index (Phi) is 11.1. The van der Waals surface area contributed by atoms with E-state index < -0.39 is 15.2 Å². The summed E-state index contributed by atoms with van der Waals surface area (Å²) >= 11 is 14.5. The molecule has 0 aromatic heterocycles. The van der Waals surface area contributed by atoms with Gasteiger partial charge < -0.3 is 9.47 Å². The van der Waals surface area contributed by atoms with Gasteiger partial charge in [0.05, 0.1) is 24.0 Å². The topological polar surface area (TPSA) is 35.5 Å². The van der Waals surface area contributed by atoms with Crippen LogP contribution < -0.4 is 9.47 Å². The number of hydrogen-bond acceptors (Lipinski definition) is 3. The maximum absolute atomic E-state index is 14.0. The highest BCUT2D eigenvalue weighted by Crippen LogP contribution is 2.75. The van der Waals surface area contributed by atoms with Crippen molar-refractivity contribution in [3.05, 3.63) is 59.7 Å². The first kappa shape index (κ1) is 32.7. The summed E-state index contributed by atoms with van der Waals surface area (Å²) in [4.78, 5) is 14.0.